The Kier molecular flexibility index (Phi) is 6.77. The summed E-state index contributed by atoms with van der Waals surface area (Å²) in [4.78, 5) is 16.4. The van der Waals surface area contributed by atoms with Gasteiger partial charge in [0.2, 0.25) is 5.91 Å². The monoisotopic (exact) mass is 374 g/mol. The van der Waals surface area contributed by atoms with Gasteiger partial charge in [0, 0.05) is 31.6 Å². The molecule has 1 N–H and O–H groups in total. The van der Waals surface area contributed by atoms with Crippen LogP contribution in [0.3, 0.4) is 0 Å². The summed E-state index contributed by atoms with van der Waals surface area (Å²) in [7, 11) is 0. The number of aliphatic hydroxyl groups excluding tert-OH is 1. The number of ether oxygens (including phenoxy) is 1. The van der Waals surface area contributed by atoms with Gasteiger partial charge < -0.3 is 14.7 Å². The van der Waals surface area contributed by atoms with Crippen molar-refractivity contribution in [3.8, 4) is 5.75 Å². The molecule has 27 heavy (non-hydrogen) atoms. The van der Waals surface area contributed by atoms with Crippen molar-refractivity contribution in [3.05, 3.63) is 29.8 Å². The summed E-state index contributed by atoms with van der Waals surface area (Å²) in [5.74, 6) is 1.21. The summed E-state index contributed by atoms with van der Waals surface area (Å²) >= 11 is 0. The molecule has 1 aromatic carbocycles. The fourth-order valence-electron chi connectivity index (χ4n) is 4.31. The maximum atomic E-state index is 12.1. The Morgan fingerprint density at radius 2 is 1.96 bits per heavy atom. The standard InChI is InChI=1S/C22H34N2O3/c1-3-18(2)27-20-7-5-4-6-19(20)16-23-12-10-22(11-13-23)9-8-21(26)24(17-22)14-15-25/h4-7,18,25H,3,8-17H2,1-2H3/t18-/m1/s1. The smallest absolute Gasteiger partial charge is 0.222 e. The minimum Gasteiger partial charge on any atom is -0.490 e. The van der Waals surface area contributed by atoms with E-state index in [0.29, 0.717) is 13.0 Å². The van der Waals surface area contributed by atoms with Gasteiger partial charge in [-0.1, -0.05) is 25.1 Å². The van der Waals surface area contributed by atoms with Gasteiger partial charge in [-0.2, -0.15) is 0 Å². The van der Waals surface area contributed by atoms with Gasteiger partial charge in [-0.25, -0.2) is 0 Å². The number of β-amino-alcohol motifs (C(OH)–C–C–N with tert-alkyl or cyclic N) is 1. The summed E-state index contributed by atoms with van der Waals surface area (Å²) in [5.41, 5.74) is 1.50. The van der Waals surface area contributed by atoms with Crippen LogP contribution in [0.2, 0.25) is 0 Å². The fraction of sp³-hybridized carbons (Fsp3) is 0.682. The number of likely N-dealkylation sites (tertiary alicyclic amines) is 2. The third kappa shape index (κ3) is 5.02. The average Bonchev–Trinajstić information content (AvgIpc) is 2.68. The zero-order valence-electron chi connectivity index (χ0n) is 16.8. The van der Waals surface area contributed by atoms with E-state index in [2.05, 4.69) is 36.9 Å². The fourth-order valence-corrected chi connectivity index (χ4v) is 4.31. The van der Waals surface area contributed by atoms with Crippen molar-refractivity contribution in [2.75, 3.05) is 32.8 Å². The van der Waals surface area contributed by atoms with E-state index < -0.39 is 0 Å². The molecule has 1 atom stereocenters. The molecular formula is C22H34N2O3. The Hall–Kier alpha value is -1.59. The summed E-state index contributed by atoms with van der Waals surface area (Å²) in [6.45, 7) is 8.63. The predicted octanol–water partition coefficient (Wildman–Crippen LogP) is 3.06. The first kappa shape index (κ1) is 20.2. The Balaban J connectivity index is 1.58. The molecule has 2 aliphatic rings. The Labute approximate surface area is 163 Å². The largest absolute Gasteiger partial charge is 0.490 e. The number of nitrogens with zero attached hydrogens (tertiary/aromatic N) is 2. The van der Waals surface area contributed by atoms with E-state index in [1.807, 2.05) is 11.0 Å². The highest BCUT2D eigenvalue weighted by Gasteiger charge is 2.40. The van der Waals surface area contributed by atoms with E-state index in [1.54, 1.807) is 0 Å². The molecule has 1 aromatic rings. The van der Waals surface area contributed by atoms with Crippen LogP contribution in [0.25, 0.3) is 0 Å². The Morgan fingerprint density at radius 3 is 2.67 bits per heavy atom. The lowest BCUT2D eigenvalue weighted by atomic mass is 9.72. The van der Waals surface area contributed by atoms with Gasteiger partial charge in [0.05, 0.1) is 12.7 Å². The highest BCUT2D eigenvalue weighted by molar-refractivity contribution is 5.77. The van der Waals surface area contributed by atoms with E-state index >= 15 is 0 Å². The molecular weight excluding hydrogens is 340 g/mol. The van der Waals surface area contributed by atoms with Crippen LogP contribution in [0.1, 0.15) is 51.5 Å². The van der Waals surface area contributed by atoms with E-state index in [9.17, 15) is 9.90 Å². The zero-order valence-corrected chi connectivity index (χ0v) is 16.8. The lowest BCUT2D eigenvalue weighted by Crippen LogP contribution is -2.51. The van der Waals surface area contributed by atoms with Crippen molar-refractivity contribution in [3.63, 3.8) is 0 Å². The van der Waals surface area contributed by atoms with E-state index in [-0.39, 0.29) is 24.0 Å². The SMILES string of the molecule is CC[C@@H](C)Oc1ccccc1CN1CCC2(CCC(=O)N(CCO)C2)CC1. The van der Waals surface area contributed by atoms with Crippen molar-refractivity contribution in [2.24, 2.45) is 5.41 Å². The van der Waals surface area contributed by atoms with Crippen LogP contribution in [0.5, 0.6) is 5.75 Å². The lowest BCUT2D eigenvalue weighted by Gasteiger charge is -2.47. The first-order valence-corrected chi connectivity index (χ1v) is 10.4. The molecule has 2 fully saturated rings. The van der Waals surface area contributed by atoms with Gasteiger partial charge in [0.25, 0.3) is 0 Å². The second kappa shape index (κ2) is 9.07. The Morgan fingerprint density at radius 1 is 1.22 bits per heavy atom. The topological polar surface area (TPSA) is 53.0 Å². The molecule has 0 unspecified atom stereocenters. The zero-order chi connectivity index (χ0) is 19.3. The van der Waals surface area contributed by atoms with Gasteiger partial charge in [-0.3, -0.25) is 9.69 Å². The quantitative estimate of drug-likeness (QED) is 0.797. The van der Waals surface area contributed by atoms with Gasteiger partial charge >= 0.3 is 0 Å². The van der Waals surface area contributed by atoms with Crippen LogP contribution < -0.4 is 4.74 Å². The second-order valence-electron chi connectivity index (χ2n) is 8.26. The molecule has 3 rings (SSSR count). The summed E-state index contributed by atoms with van der Waals surface area (Å²) in [6.07, 6.45) is 5.10. The number of hydrogen-bond donors (Lipinski definition) is 1. The Bertz CT molecular complexity index is 626. The molecule has 150 valence electrons. The molecule has 1 amide bonds. The number of carbonyl (C=O) groups is 1. The molecule has 0 saturated carbocycles. The molecule has 5 heteroatoms. The van der Waals surface area contributed by atoms with E-state index in [4.69, 9.17) is 4.74 Å². The highest BCUT2D eigenvalue weighted by atomic mass is 16.5. The predicted molar refractivity (Wildman–Crippen MR) is 107 cm³/mol. The number of carbonyl (C=O) groups excluding carboxylic acids is 1. The third-order valence-electron chi connectivity index (χ3n) is 6.30. The molecule has 5 nitrogen and oxygen atoms in total. The molecule has 2 heterocycles. The van der Waals surface area contributed by atoms with Crippen molar-refractivity contribution >= 4 is 5.91 Å². The minimum atomic E-state index is 0.0565. The molecule has 2 aliphatic heterocycles. The van der Waals surface area contributed by atoms with Gasteiger partial charge in [-0.05, 0) is 57.2 Å². The first-order valence-electron chi connectivity index (χ1n) is 10.4. The molecule has 0 radical (unpaired) electrons. The highest BCUT2D eigenvalue weighted by Crippen LogP contribution is 2.40. The molecule has 0 bridgehead atoms. The van der Waals surface area contributed by atoms with Crippen molar-refractivity contribution in [2.45, 2.75) is 58.6 Å². The van der Waals surface area contributed by atoms with Crippen LogP contribution in [0, 0.1) is 5.41 Å². The van der Waals surface area contributed by atoms with Crippen LogP contribution in [-0.4, -0.2) is 59.7 Å². The first-order chi connectivity index (χ1) is 13.0. The summed E-state index contributed by atoms with van der Waals surface area (Å²) in [5, 5.41) is 9.22. The summed E-state index contributed by atoms with van der Waals surface area (Å²) < 4.78 is 6.10. The van der Waals surface area contributed by atoms with Gasteiger partial charge in [-0.15, -0.1) is 0 Å². The van der Waals surface area contributed by atoms with Crippen LogP contribution in [0.15, 0.2) is 24.3 Å². The van der Waals surface area contributed by atoms with Crippen molar-refractivity contribution in [1.82, 2.24) is 9.80 Å². The van der Waals surface area contributed by atoms with Crippen molar-refractivity contribution in [1.29, 1.82) is 0 Å². The maximum Gasteiger partial charge on any atom is 0.222 e. The molecule has 0 aromatic heterocycles. The van der Waals surface area contributed by atoms with Crippen molar-refractivity contribution < 1.29 is 14.6 Å². The molecule has 0 aliphatic carbocycles. The number of aliphatic hydroxyl groups is 1. The normalized spacial score (nSPS) is 21.4. The van der Waals surface area contributed by atoms with Crippen LogP contribution in [-0.2, 0) is 11.3 Å². The number of piperidine rings is 2. The minimum absolute atomic E-state index is 0.0565. The number of rotatable bonds is 7. The lowest BCUT2D eigenvalue weighted by molar-refractivity contribution is -0.139. The summed E-state index contributed by atoms with van der Waals surface area (Å²) in [6, 6.07) is 8.38. The second-order valence-corrected chi connectivity index (χ2v) is 8.26. The number of benzene rings is 1. The molecule has 1 spiro atoms. The van der Waals surface area contributed by atoms with Crippen LogP contribution >= 0.6 is 0 Å². The number of para-hydroxylation sites is 1. The number of hydrogen-bond acceptors (Lipinski definition) is 4. The molecule has 2 saturated heterocycles. The van der Waals surface area contributed by atoms with E-state index in [1.165, 1.54) is 5.56 Å². The van der Waals surface area contributed by atoms with Crippen LogP contribution in [0.4, 0.5) is 0 Å². The van der Waals surface area contributed by atoms with Gasteiger partial charge in [0.1, 0.15) is 5.75 Å². The number of amides is 1. The average molecular weight is 375 g/mol. The maximum absolute atomic E-state index is 12.1. The van der Waals surface area contributed by atoms with E-state index in [0.717, 1.165) is 57.6 Å². The van der Waals surface area contributed by atoms with Gasteiger partial charge in [0.15, 0.2) is 0 Å². The third-order valence-corrected chi connectivity index (χ3v) is 6.30.